The Hall–Kier alpha value is 2.72. The number of carboxylic acid groups (broad SMARTS) is 1. The normalized spacial score (nSPS) is 12.8. The maximum absolute atomic E-state index is 12.4. The fourth-order valence-electron chi connectivity index (χ4n) is 2.87. The third kappa shape index (κ3) is 11.9. The van der Waals surface area contributed by atoms with E-state index in [1.165, 1.54) is 0 Å². The van der Waals surface area contributed by atoms with Crippen LogP contribution in [0.3, 0.4) is 0 Å². The number of carboxylic acids is 1. The van der Waals surface area contributed by atoms with E-state index in [0.717, 1.165) is 10.9 Å². The Bertz CT molecular complexity index is 873. The quantitative estimate of drug-likeness (QED) is 0.223. The molecule has 13 heteroatoms. The van der Waals surface area contributed by atoms with E-state index in [2.05, 4.69) is 10.3 Å². The monoisotopic (exact) mass is 511 g/mol. The molecule has 1 heterocycles. The van der Waals surface area contributed by atoms with E-state index in [1.807, 2.05) is 18.2 Å². The largest absolute Gasteiger partial charge is 1.00 e. The Balaban J connectivity index is 0. The summed E-state index contributed by atoms with van der Waals surface area (Å²) in [5.74, 6) is -2.50. The summed E-state index contributed by atoms with van der Waals surface area (Å²) in [5.41, 5.74) is 1.47. The van der Waals surface area contributed by atoms with Gasteiger partial charge < -0.3 is 34.6 Å². The SMILES string of the molecule is CC(C)CC(NP(=O)([O-])[O-])C(=O)NC(Cc1c[nH]c2ccccc12)C(=O)[O-].[K+].[K+].[K+]. The van der Waals surface area contributed by atoms with Gasteiger partial charge in [-0.05, 0) is 31.7 Å². The van der Waals surface area contributed by atoms with Crippen LogP contribution < -0.4 is 179 Å². The molecule has 0 aliphatic heterocycles. The molecule has 0 spiro atoms. The van der Waals surface area contributed by atoms with E-state index in [0.29, 0.717) is 5.56 Å². The van der Waals surface area contributed by atoms with Crippen LogP contribution in [0.25, 0.3) is 10.9 Å². The number of aliphatic carboxylic acids is 1. The van der Waals surface area contributed by atoms with Crippen molar-refractivity contribution in [3.05, 3.63) is 36.0 Å². The molecule has 0 saturated heterocycles. The van der Waals surface area contributed by atoms with Crippen LogP contribution in [0.2, 0.25) is 0 Å². The first kappa shape index (κ1) is 34.9. The number of para-hydroxylation sites is 1. The molecule has 1 amide bonds. The molecule has 2 atom stereocenters. The van der Waals surface area contributed by atoms with Crippen LogP contribution in [-0.2, 0) is 20.6 Å². The fourth-order valence-corrected chi connectivity index (χ4v) is 3.47. The topological polar surface area (TPSA) is 160 Å². The van der Waals surface area contributed by atoms with E-state index < -0.39 is 31.7 Å². The van der Waals surface area contributed by atoms with Gasteiger partial charge >= 0.3 is 154 Å². The molecule has 2 unspecified atom stereocenters. The summed E-state index contributed by atoms with van der Waals surface area (Å²) >= 11 is 0. The number of hydrogen-bond acceptors (Lipinski definition) is 6. The van der Waals surface area contributed by atoms with Crippen molar-refractivity contribution in [2.45, 2.75) is 38.8 Å². The first-order valence-corrected chi connectivity index (χ1v) is 9.97. The van der Waals surface area contributed by atoms with Crippen molar-refractivity contribution >= 4 is 30.5 Å². The Morgan fingerprint density at radius 2 is 1.70 bits per heavy atom. The summed E-state index contributed by atoms with van der Waals surface area (Å²) in [6.45, 7) is 3.48. The van der Waals surface area contributed by atoms with Crippen molar-refractivity contribution in [3.8, 4) is 0 Å². The summed E-state index contributed by atoms with van der Waals surface area (Å²) < 4.78 is 11.0. The summed E-state index contributed by atoms with van der Waals surface area (Å²) in [6.07, 6.45) is 1.63. The molecule has 1 aromatic heterocycles. The molecular formula is C17H21K3N3O6P. The van der Waals surface area contributed by atoms with Gasteiger partial charge in [0, 0.05) is 23.5 Å². The second-order valence-corrected chi connectivity index (χ2v) is 8.01. The van der Waals surface area contributed by atoms with E-state index >= 15 is 0 Å². The van der Waals surface area contributed by atoms with E-state index in [9.17, 15) is 29.0 Å². The molecule has 0 radical (unpaired) electrons. The zero-order chi connectivity index (χ0) is 20.2. The smallest absolute Gasteiger partial charge is 0.799 e. The van der Waals surface area contributed by atoms with Crippen LogP contribution in [0.4, 0.5) is 0 Å². The average molecular weight is 512 g/mol. The fraction of sp³-hybridized carbons (Fsp3) is 0.412. The van der Waals surface area contributed by atoms with Crippen molar-refractivity contribution in [1.82, 2.24) is 15.4 Å². The summed E-state index contributed by atoms with van der Waals surface area (Å²) in [5, 5.41) is 16.3. The number of carbonyl (C=O) groups excluding carboxylic acids is 2. The Labute approximate surface area is 303 Å². The number of fused-ring (bicyclic) bond motifs is 1. The first-order chi connectivity index (χ1) is 12.6. The minimum absolute atomic E-state index is 0. The van der Waals surface area contributed by atoms with Gasteiger partial charge in [0.15, 0.2) is 0 Å². The molecular weight excluding hydrogens is 490 g/mol. The number of aromatic nitrogens is 1. The molecule has 30 heavy (non-hydrogen) atoms. The number of H-pyrrole nitrogens is 1. The number of amides is 1. The molecule has 0 saturated carbocycles. The van der Waals surface area contributed by atoms with Crippen molar-refractivity contribution in [1.29, 1.82) is 0 Å². The predicted molar refractivity (Wildman–Crippen MR) is 92.9 cm³/mol. The molecule has 2 rings (SSSR count). The number of hydrogen-bond donors (Lipinski definition) is 3. The van der Waals surface area contributed by atoms with Crippen LogP contribution in [0.15, 0.2) is 30.5 Å². The Kier molecular flexibility index (Phi) is 19.1. The third-order valence-electron chi connectivity index (χ3n) is 4.04. The molecule has 1 aromatic carbocycles. The summed E-state index contributed by atoms with van der Waals surface area (Å²) in [4.78, 5) is 48.9. The van der Waals surface area contributed by atoms with Gasteiger partial charge in [0.2, 0.25) is 5.91 Å². The second-order valence-electron chi connectivity index (χ2n) is 6.75. The molecule has 0 aliphatic rings. The molecule has 2 aromatic rings. The maximum atomic E-state index is 12.4. The minimum Gasteiger partial charge on any atom is -0.799 e. The number of benzene rings is 1. The van der Waals surface area contributed by atoms with E-state index in [4.69, 9.17) is 0 Å². The number of rotatable bonds is 9. The first-order valence-electron chi connectivity index (χ1n) is 8.43. The van der Waals surface area contributed by atoms with Crippen LogP contribution >= 0.6 is 7.75 Å². The van der Waals surface area contributed by atoms with E-state index in [1.54, 1.807) is 31.2 Å². The zero-order valence-corrected chi connectivity index (χ0v) is 28.2. The van der Waals surface area contributed by atoms with Gasteiger partial charge in [0.05, 0.1) is 18.1 Å². The van der Waals surface area contributed by atoms with Gasteiger partial charge in [-0.25, -0.2) is 0 Å². The van der Waals surface area contributed by atoms with Gasteiger partial charge in [-0.2, -0.15) is 0 Å². The molecule has 0 fully saturated rings. The van der Waals surface area contributed by atoms with E-state index in [-0.39, 0.29) is 173 Å². The average Bonchev–Trinajstić information content (AvgIpc) is 2.95. The molecule has 9 nitrogen and oxygen atoms in total. The number of nitrogens with one attached hydrogen (secondary N) is 3. The van der Waals surface area contributed by atoms with Crippen molar-refractivity contribution < 1.29 is 183 Å². The van der Waals surface area contributed by atoms with Crippen LogP contribution in [0.1, 0.15) is 25.8 Å². The van der Waals surface area contributed by atoms with Crippen LogP contribution in [0, 0.1) is 5.92 Å². The third-order valence-corrected chi connectivity index (χ3v) is 4.67. The van der Waals surface area contributed by atoms with Crippen molar-refractivity contribution in [2.75, 3.05) is 0 Å². The second kappa shape index (κ2) is 16.4. The number of carbonyl (C=O) groups is 2. The molecule has 3 N–H and O–H groups in total. The Morgan fingerprint density at radius 1 is 1.10 bits per heavy atom. The molecule has 148 valence electrons. The standard InChI is InChI=1S/C17H24N3O6P.3K/c1-10(2)7-14(20-27(24,25)26)16(21)19-15(17(22)23)8-11-9-18-13-6-4-3-5-12(11)13;;;/h3-6,9-10,14-15,18H,7-8H2,1-2H3,(H,19,21)(H,22,23)(H3,20,24,25,26);;;/q;3*+1/p-3. The maximum Gasteiger partial charge on any atom is 1.00 e. The van der Waals surface area contributed by atoms with Gasteiger partial charge in [-0.1, -0.05) is 32.0 Å². The predicted octanol–water partition coefficient (Wildman–Crippen LogP) is -10.2. The summed E-state index contributed by atoms with van der Waals surface area (Å²) in [6, 6.07) is 4.53. The zero-order valence-electron chi connectivity index (χ0n) is 17.9. The number of aromatic amines is 1. The van der Waals surface area contributed by atoms with Gasteiger partial charge in [-0.15, -0.1) is 0 Å². The van der Waals surface area contributed by atoms with Gasteiger partial charge in [0.25, 0.3) is 0 Å². The molecule has 0 aliphatic carbocycles. The minimum atomic E-state index is -5.17. The van der Waals surface area contributed by atoms with Gasteiger partial charge in [0.1, 0.15) is 0 Å². The van der Waals surface area contributed by atoms with Crippen molar-refractivity contribution in [2.24, 2.45) is 5.92 Å². The molecule has 0 bridgehead atoms. The summed E-state index contributed by atoms with van der Waals surface area (Å²) in [7, 11) is -5.17. The van der Waals surface area contributed by atoms with Gasteiger partial charge in [-0.3, -0.25) is 9.88 Å². The van der Waals surface area contributed by atoms with Crippen LogP contribution in [0.5, 0.6) is 0 Å². The van der Waals surface area contributed by atoms with Crippen molar-refractivity contribution in [3.63, 3.8) is 0 Å². The van der Waals surface area contributed by atoms with Crippen LogP contribution in [-0.4, -0.2) is 28.9 Å². The Morgan fingerprint density at radius 3 is 2.23 bits per heavy atom.